The lowest BCUT2D eigenvalue weighted by Gasteiger charge is -2.13. The zero-order valence-corrected chi connectivity index (χ0v) is 9.03. The van der Waals surface area contributed by atoms with Crippen LogP contribution in [-0.2, 0) is 9.63 Å². The summed E-state index contributed by atoms with van der Waals surface area (Å²) in [4.78, 5) is 16.0. The van der Waals surface area contributed by atoms with Crippen molar-refractivity contribution >= 4 is 12.0 Å². The van der Waals surface area contributed by atoms with Crippen LogP contribution in [0.2, 0.25) is 0 Å². The molecule has 0 aromatic carbocycles. The number of hydrogen-bond donors (Lipinski definition) is 1. The molecule has 0 saturated carbocycles. The lowest BCUT2D eigenvalue weighted by atomic mass is 9.94. The topological polar surface area (TPSA) is 58.9 Å². The minimum Gasteiger partial charge on any atom is -0.504 e. The maximum Gasteiger partial charge on any atom is 0.197 e. The van der Waals surface area contributed by atoms with Crippen LogP contribution in [0.1, 0.15) is 39.0 Å². The summed E-state index contributed by atoms with van der Waals surface area (Å²) in [6.07, 6.45) is 5.20. The first-order valence-corrected chi connectivity index (χ1v) is 5.33. The zero-order valence-electron chi connectivity index (χ0n) is 9.03. The molecule has 0 fully saturated rings. The van der Waals surface area contributed by atoms with Crippen LogP contribution in [-0.4, -0.2) is 23.7 Å². The Labute approximate surface area is 89.6 Å². The highest BCUT2D eigenvalue weighted by Crippen LogP contribution is 2.23. The van der Waals surface area contributed by atoms with E-state index in [1.165, 1.54) is 0 Å². The number of aliphatic hydroxyl groups is 1. The van der Waals surface area contributed by atoms with E-state index in [4.69, 9.17) is 4.84 Å². The van der Waals surface area contributed by atoms with E-state index in [0.29, 0.717) is 25.9 Å². The Hall–Kier alpha value is -1.32. The second-order valence-corrected chi connectivity index (χ2v) is 3.47. The number of allylic oxidation sites excluding steroid dienone is 2. The minimum absolute atomic E-state index is 0.0222. The van der Waals surface area contributed by atoms with Gasteiger partial charge in [0.1, 0.15) is 6.61 Å². The number of nitrogens with zero attached hydrogens (tertiary/aromatic N) is 1. The van der Waals surface area contributed by atoms with Crippen LogP contribution < -0.4 is 0 Å². The van der Waals surface area contributed by atoms with Crippen LogP contribution in [0.25, 0.3) is 0 Å². The van der Waals surface area contributed by atoms with Gasteiger partial charge in [-0.2, -0.15) is 0 Å². The van der Waals surface area contributed by atoms with Crippen molar-refractivity contribution in [3.63, 3.8) is 0 Å². The summed E-state index contributed by atoms with van der Waals surface area (Å²) in [7, 11) is 0. The van der Waals surface area contributed by atoms with E-state index in [1.807, 2.05) is 6.92 Å². The predicted molar refractivity (Wildman–Crippen MR) is 57.9 cm³/mol. The standard InChI is InChI=1S/C11H17NO3/c1-2-15-12-8-4-6-9-5-3-7-10(13)11(9)14/h8,14H,2-7H2,1H3. The molecule has 1 N–H and O–H groups in total. The van der Waals surface area contributed by atoms with Gasteiger partial charge in [-0.15, -0.1) is 0 Å². The number of rotatable bonds is 5. The molecule has 1 aliphatic rings. The highest BCUT2D eigenvalue weighted by molar-refractivity contribution is 5.94. The van der Waals surface area contributed by atoms with Crippen molar-refractivity contribution in [1.29, 1.82) is 0 Å². The summed E-state index contributed by atoms with van der Waals surface area (Å²) >= 11 is 0. The van der Waals surface area contributed by atoms with Gasteiger partial charge in [0.05, 0.1) is 0 Å². The van der Waals surface area contributed by atoms with Gasteiger partial charge in [0, 0.05) is 12.6 Å². The van der Waals surface area contributed by atoms with Crippen molar-refractivity contribution in [2.75, 3.05) is 6.61 Å². The quantitative estimate of drug-likeness (QED) is 0.561. The summed E-state index contributed by atoms with van der Waals surface area (Å²) in [5.41, 5.74) is 0.856. The van der Waals surface area contributed by atoms with E-state index in [2.05, 4.69) is 5.16 Å². The maximum atomic E-state index is 11.2. The van der Waals surface area contributed by atoms with Crippen molar-refractivity contribution in [3.8, 4) is 0 Å². The number of Topliss-reactive ketones (excluding diaryl/α,β-unsaturated/α-hetero) is 1. The van der Waals surface area contributed by atoms with E-state index in [-0.39, 0.29) is 11.5 Å². The first-order valence-electron chi connectivity index (χ1n) is 5.33. The van der Waals surface area contributed by atoms with Gasteiger partial charge in [-0.05, 0) is 38.2 Å². The highest BCUT2D eigenvalue weighted by atomic mass is 16.6. The molecule has 0 aromatic rings. The zero-order chi connectivity index (χ0) is 11.1. The molecule has 0 amide bonds. The lowest BCUT2D eigenvalue weighted by Crippen LogP contribution is -2.11. The SMILES string of the molecule is CCON=CCCC1=C(O)C(=O)CCC1. The van der Waals surface area contributed by atoms with Gasteiger partial charge < -0.3 is 9.94 Å². The van der Waals surface area contributed by atoms with Crippen LogP contribution >= 0.6 is 0 Å². The fourth-order valence-corrected chi connectivity index (χ4v) is 1.56. The molecule has 0 aliphatic heterocycles. The lowest BCUT2D eigenvalue weighted by molar-refractivity contribution is -0.118. The molecule has 1 aliphatic carbocycles. The average molecular weight is 211 g/mol. The third-order valence-corrected chi connectivity index (χ3v) is 2.33. The molecule has 0 heterocycles. The molecule has 4 heteroatoms. The van der Waals surface area contributed by atoms with E-state index in [0.717, 1.165) is 18.4 Å². The molecule has 0 aromatic heterocycles. The van der Waals surface area contributed by atoms with Gasteiger partial charge in [-0.1, -0.05) is 5.16 Å². The van der Waals surface area contributed by atoms with Gasteiger partial charge in [-0.3, -0.25) is 4.79 Å². The monoisotopic (exact) mass is 211 g/mol. The number of hydrogen-bond acceptors (Lipinski definition) is 4. The third-order valence-electron chi connectivity index (χ3n) is 2.33. The molecule has 84 valence electrons. The number of carbonyl (C=O) groups is 1. The molecule has 0 unspecified atom stereocenters. The van der Waals surface area contributed by atoms with Gasteiger partial charge in [0.25, 0.3) is 0 Å². The Morgan fingerprint density at radius 1 is 1.53 bits per heavy atom. The Balaban J connectivity index is 2.37. The number of oxime groups is 1. The van der Waals surface area contributed by atoms with Crippen LogP contribution in [0.5, 0.6) is 0 Å². The molecule has 4 nitrogen and oxygen atoms in total. The largest absolute Gasteiger partial charge is 0.504 e. The smallest absolute Gasteiger partial charge is 0.197 e. The summed E-state index contributed by atoms with van der Waals surface area (Å²) in [6.45, 7) is 2.43. The van der Waals surface area contributed by atoms with Gasteiger partial charge in [0.2, 0.25) is 0 Å². The molecule has 0 spiro atoms. The Bertz CT molecular complexity index is 282. The molecule has 0 saturated heterocycles. The first-order chi connectivity index (χ1) is 7.25. The summed E-state index contributed by atoms with van der Waals surface area (Å²) < 4.78 is 0. The summed E-state index contributed by atoms with van der Waals surface area (Å²) in [5, 5.41) is 13.2. The maximum absolute atomic E-state index is 11.2. The molecular formula is C11H17NO3. The Kier molecular flexibility index (Phi) is 4.87. The van der Waals surface area contributed by atoms with Gasteiger partial charge >= 0.3 is 0 Å². The second kappa shape index (κ2) is 6.22. The van der Waals surface area contributed by atoms with Crippen molar-refractivity contribution < 1.29 is 14.7 Å². The number of carbonyl (C=O) groups excluding carboxylic acids is 1. The van der Waals surface area contributed by atoms with Gasteiger partial charge in [-0.25, -0.2) is 0 Å². The normalized spacial score (nSPS) is 17.5. The summed E-state index contributed by atoms with van der Waals surface area (Å²) in [5.74, 6) is -0.149. The molecule has 15 heavy (non-hydrogen) atoms. The fourth-order valence-electron chi connectivity index (χ4n) is 1.56. The van der Waals surface area contributed by atoms with Gasteiger partial charge in [0.15, 0.2) is 11.5 Å². The van der Waals surface area contributed by atoms with E-state index < -0.39 is 0 Å². The minimum atomic E-state index is -0.127. The van der Waals surface area contributed by atoms with Crippen molar-refractivity contribution in [1.82, 2.24) is 0 Å². The Morgan fingerprint density at radius 2 is 2.33 bits per heavy atom. The van der Waals surface area contributed by atoms with E-state index in [9.17, 15) is 9.90 Å². The number of aliphatic hydroxyl groups excluding tert-OH is 1. The average Bonchev–Trinajstić information content (AvgIpc) is 2.24. The third kappa shape index (κ3) is 3.73. The van der Waals surface area contributed by atoms with Crippen molar-refractivity contribution in [3.05, 3.63) is 11.3 Å². The van der Waals surface area contributed by atoms with Crippen LogP contribution in [0.15, 0.2) is 16.5 Å². The summed E-state index contributed by atoms with van der Waals surface area (Å²) in [6, 6.07) is 0. The predicted octanol–water partition coefficient (Wildman–Crippen LogP) is 2.35. The Morgan fingerprint density at radius 3 is 3.07 bits per heavy atom. The van der Waals surface area contributed by atoms with Crippen LogP contribution in [0, 0.1) is 0 Å². The van der Waals surface area contributed by atoms with Crippen molar-refractivity contribution in [2.24, 2.45) is 5.16 Å². The van der Waals surface area contributed by atoms with Crippen LogP contribution in [0.3, 0.4) is 0 Å². The first kappa shape index (κ1) is 11.8. The molecule has 0 radical (unpaired) electrons. The highest BCUT2D eigenvalue weighted by Gasteiger charge is 2.18. The molecule has 1 rings (SSSR count). The van der Waals surface area contributed by atoms with E-state index >= 15 is 0 Å². The van der Waals surface area contributed by atoms with E-state index in [1.54, 1.807) is 6.21 Å². The second-order valence-electron chi connectivity index (χ2n) is 3.47. The molecular weight excluding hydrogens is 194 g/mol. The number of ketones is 1. The molecule has 0 bridgehead atoms. The van der Waals surface area contributed by atoms with Crippen LogP contribution in [0.4, 0.5) is 0 Å². The van der Waals surface area contributed by atoms with Crippen molar-refractivity contribution in [2.45, 2.75) is 39.0 Å². The fraction of sp³-hybridized carbons (Fsp3) is 0.636. The molecule has 0 atom stereocenters.